The van der Waals surface area contributed by atoms with Crippen LogP contribution >= 0.6 is 0 Å². The maximum absolute atomic E-state index is 11.1. The van der Waals surface area contributed by atoms with Crippen LogP contribution in [0.1, 0.15) is 0 Å². The molecule has 5 heteroatoms. The maximum Gasteiger partial charge on any atom is 0.270 e. The smallest absolute Gasteiger partial charge is 0.270 e. The van der Waals surface area contributed by atoms with Gasteiger partial charge in [-0.05, 0) is 11.6 Å². The van der Waals surface area contributed by atoms with Crippen molar-refractivity contribution in [1.82, 2.24) is 5.32 Å². The summed E-state index contributed by atoms with van der Waals surface area (Å²) in [7, 11) is 0. The molecule has 1 heterocycles. The molecular weight excluding hydrogens is 266 g/mol. The lowest BCUT2D eigenvalue weighted by atomic mass is 10.0. The van der Waals surface area contributed by atoms with Gasteiger partial charge in [0.05, 0.1) is 4.92 Å². The van der Waals surface area contributed by atoms with Gasteiger partial charge >= 0.3 is 0 Å². The maximum atomic E-state index is 11.1. The Morgan fingerprint density at radius 3 is 2.43 bits per heavy atom. The number of hydrogen-bond acceptors (Lipinski definition) is 4. The minimum atomic E-state index is -0.339. The molecule has 3 rings (SSSR count). The van der Waals surface area contributed by atoms with Crippen LogP contribution in [-0.4, -0.2) is 31.1 Å². The molecule has 0 bridgehead atoms. The molecule has 0 amide bonds. The van der Waals surface area contributed by atoms with E-state index in [1.54, 1.807) is 12.1 Å². The molecule has 0 atom stereocenters. The minimum absolute atomic E-state index is 0.132. The fourth-order valence-corrected chi connectivity index (χ4v) is 2.67. The largest absolute Gasteiger partial charge is 0.368 e. The van der Waals surface area contributed by atoms with Crippen LogP contribution < -0.4 is 10.2 Å². The molecule has 0 spiro atoms. The summed E-state index contributed by atoms with van der Waals surface area (Å²) in [5.74, 6) is 0. The fraction of sp³-hybridized carbons (Fsp3) is 0.250. The van der Waals surface area contributed by atoms with Crippen LogP contribution in [0.4, 0.5) is 11.4 Å². The summed E-state index contributed by atoms with van der Waals surface area (Å²) >= 11 is 0. The topological polar surface area (TPSA) is 58.4 Å². The SMILES string of the molecule is O=[N+]([O-])c1ccc(N2CCNCC2)c(-c2ccccc2)c1. The average Bonchev–Trinajstić information content (AvgIpc) is 2.56. The molecule has 0 radical (unpaired) electrons. The van der Waals surface area contributed by atoms with Crippen molar-refractivity contribution in [3.05, 3.63) is 58.6 Å². The van der Waals surface area contributed by atoms with Crippen molar-refractivity contribution in [3.63, 3.8) is 0 Å². The van der Waals surface area contributed by atoms with Gasteiger partial charge in [-0.2, -0.15) is 0 Å². The molecule has 0 saturated carbocycles. The van der Waals surface area contributed by atoms with Crippen LogP contribution in [0.2, 0.25) is 0 Å². The van der Waals surface area contributed by atoms with E-state index >= 15 is 0 Å². The molecule has 1 saturated heterocycles. The van der Waals surface area contributed by atoms with Crippen LogP contribution in [0.5, 0.6) is 0 Å². The predicted molar refractivity (Wildman–Crippen MR) is 83.6 cm³/mol. The second-order valence-corrected chi connectivity index (χ2v) is 5.06. The summed E-state index contributed by atoms with van der Waals surface area (Å²) in [6, 6.07) is 15.0. The number of nitrogens with zero attached hydrogens (tertiary/aromatic N) is 2. The van der Waals surface area contributed by atoms with E-state index in [2.05, 4.69) is 10.2 Å². The van der Waals surface area contributed by atoms with Gasteiger partial charge in [-0.1, -0.05) is 30.3 Å². The number of non-ortho nitro benzene ring substituents is 1. The highest BCUT2D eigenvalue weighted by Crippen LogP contribution is 2.34. The van der Waals surface area contributed by atoms with Crippen LogP contribution in [-0.2, 0) is 0 Å². The monoisotopic (exact) mass is 283 g/mol. The van der Waals surface area contributed by atoms with E-state index in [1.807, 2.05) is 36.4 Å². The Bertz CT molecular complexity index is 637. The number of hydrogen-bond donors (Lipinski definition) is 1. The van der Waals surface area contributed by atoms with Crippen molar-refractivity contribution in [2.75, 3.05) is 31.1 Å². The average molecular weight is 283 g/mol. The first kappa shape index (κ1) is 13.6. The number of nitrogens with one attached hydrogen (secondary N) is 1. The Hall–Kier alpha value is -2.40. The normalized spacial score (nSPS) is 15.0. The van der Waals surface area contributed by atoms with E-state index in [1.165, 1.54) is 0 Å². The third-order valence-corrected chi connectivity index (χ3v) is 3.73. The predicted octanol–water partition coefficient (Wildman–Crippen LogP) is 2.67. The summed E-state index contributed by atoms with van der Waals surface area (Å²) in [6.45, 7) is 3.70. The Kier molecular flexibility index (Phi) is 3.83. The van der Waals surface area contributed by atoms with Gasteiger partial charge in [0.2, 0.25) is 0 Å². The van der Waals surface area contributed by atoms with Gasteiger partial charge in [0, 0.05) is 49.6 Å². The highest BCUT2D eigenvalue weighted by molar-refractivity contribution is 5.80. The van der Waals surface area contributed by atoms with Gasteiger partial charge in [0.15, 0.2) is 0 Å². The molecule has 1 N–H and O–H groups in total. The number of benzene rings is 2. The third kappa shape index (κ3) is 2.87. The Labute approximate surface area is 123 Å². The van der Waals surface area contributed by atoms with Crippen LogP contribution in [0.3, 0.4) is 0 Å². The first-order chi connectivity index (χ1) is 10.3. The van der Waals surface area contributed by atoms with Gasteiger partial charge in [-0.25, -0.2) is 0 Å². The molecule has 0 aliphatic carbocycles. The first-order valence-electron chi connectivity index (χ1n) is 7.05. The van der Waals surface area contributed by atoms with Crippen LogP contribution in [0.15, 0.2) is 48.5 Å². The van der Waals surface area contributed by atoms with Gasteiger partial charge in [0.1, 0.15) is 0 Å². The molecule has 21 heavy (non-hydrogen) atoms. The molecule has 1 aliphatic rings. The summed E-state index contributed by atoms with van der Waals surface area (Å²) in [6.07, 6.45) is 0. The van der Waals surface area contributed by atoms with E-state index in [-0.39, 0.29) is 10.6 Å². The van der Waals surface area contributed by atoms with E-state index in [0.717, 1.165) is 43.0 Å². The van der Waals surface area contributed by atoms with E-state index in [0.29, 0.717) is 0 Å². The highest BCUT2D eigenvalue weighted by atomic mass is 16.6. The lowest BCUT2D eigenvalue weighted by Gasteiger charge is -2.31. The lowest BCUT2D eigenvalue weighted by molar-refractivity contribution is -0.384. The van der Waals surface area contributed by atoms with Crippen molar-refractivity contribution in [3.8, 4) is 11.1 Å². The number of nitro benzene ring substituents is 1. The fourth-order valence-electron chi connectivity index (χ4n) is 2.67. The Balaban J connectivity index is 2.08. The van der Waals surface area contributed by atoms with E-state index < -0.39 is 0 Å². The van der Waals surface area contributed by atoms with E-state index in [4.69, 9.17) is 0 Å². The Morgan fingerprint density at radius 2 is 1.76 bits per heavy atom. The number of rotatable bonds is 3. The van der Waals surface area contributed by atoms with Crippen molar-refractivity contribution in [1.29, 1.82) is 0 Å². The molecule has 0 aromatic heterocycles. The van der Waals surface area contributed by atoms with E-state index in [9.17, 15) is 10.1 Å². The summed E-state index contributed by atoms with van der Waals surface area (Å²) < 4.78 is 0. The first-order valence-corrected chi connectivity index (χ1v) is 7.05. The quantitative estimate of drug-likeness (QED) is 0.695. The molecular formula is C16H17N3O2. The van der Waals surface area contributed by atoms with Gasteiger partial charge in [-0.3, -0.25) is 10.1 Å². The van der Waals surface area contributed by atoms with Crippen LogP contribution in [0, 0.1) is 10.1 Å². The standard InChI is InChI=1S/C16H17N3O2/c20-19(21)14-6-7-16(18-10-8-17-9-11-18)15(12-14)13-4-2-1-3-5-13/h1-7,12,17H,8-11H2. The summed E-state index contributed by atoms with van der Waals surface area (Å²) in [5, 5.41) is 14.4. The van der Waals surface area contributed by atoms with Crippen LogP contribution in [0.25, 0.3) is 11.1 Å². The zero-order valence-corrected chi connectivity index (χ0v) is 11.7. The Morgan fingerprint density at radius 1 is 1.05 bits per heavy atom. The second-order valence-electron chi connectivity index (χ2n) is 5.06. The zero-order chi connectivity index (χ0) is 14.7. The van der Waals surface area contributed by atoms with Gasteiger partial charge < -0.3 is 10.2 Å². The molecule has 0 unspecified atom stereocenters. The van der Waals surface area contributed by atoms with Crippen molar-refractivity contribution < 1.29 is 4.92 Å². The number of nitro groups is 1. The summed E-state index contributed by atoms with van der Waals surface area (Å²) in [5.41, 5.74) is 3.13. The molecule has 1 aliphatic heterocycles. The zero-order valence-electron chi connectivity index (χ0n) is 11.7. The van der Waals surface area contributed by atoms with Crippen molar-refractivity contribution in [2.24, 2.45) is 0 Å². The molecule has 2 aromatic carbocycles. The third-order valence-electron chi connectivity index (χ3n) is 3.73. The summed E-state index contributed by atoms with van der Waals surface area (Å²) in [4.78, 5) is 13.0. The van der Waals surface area contributed by atoms with Gasteiger partial charge in [-0.15, -0.1) is 0 Å². The molecule has 5 nitrogen and oxygen atoms in total. The molecule has 108 valence electrons. The molecule has 1 fully saturated rings. The lowest BCUT2D eigenvalue weighted by Crippen LogP contribution is -2.43. The van der Waals surface area contributed by atoms with Crippen molar-refractivity contribution >= 4 is 11.4 Å². The number of piperazine rings is 1. The van der Waals surface area contributed by atoms with Gasteiger partial charge in [0.25, 0.3) is 5.69 Å². The molecule has 2 aromatic rings. The number of anilines is 1. The highest BCUT2D eigenvalue weighted by Gasteiger charge is 2.18. The second kappa shape index (κ2) is 5.93. The minimum Gasteiger partial charge on any atom is -0.368 e. The van der Waals surface area contributed by atoms with Crippen molar-refractivity contribution in [2.45, 2.75) is 0 Å².